The van der Waals surface area contributed by atoms with E-state index >= 15 is 0 Å². The smallest absolute Gasteiger partial charge is 0.326 e. The van der Waals surface area contributed by atoms with E-state index in [1.807, 2.05) is 44.2 Å². The van der Waals surface area contributed by atoms with Crippen molar-refractivity contribution in [2.45, 2.75) is 57.4 Å². The molecule has 0 aromatic heterocycles. The quantitative estimate of drug-likeness (QED) is 0.662. The van der Waals surface area contributed by atoms with E-state index in [1.165, 1.54) is 0 Å². The van der Waals surface area contributed by atoms with E-state index in [1.54, 1.807) is 0 Å². The lowest BCUT2D eigenvalue weighted by molar-refractivity contribution is -0.142. The van der Waals surface area contributed by atoms with Gasteiger partial charge >= 0.3 is 5.97 Å². The van der Waals surface area contributed by atoms with Crippen molar-refractivity contribution < 1.29 is 19.5 Å². The van der Waals surface area contributed by atoms with Crippen LogP contribution in [0.2, 0.25) is 0 Å². The van der Waals surface area contributed by atoms with Gasteiger partial charge in [0, 0.05) is 0 Å². The Morgan fingerprint density at radius 2 is 1.73 bits per heavy atom. The van der Waals surface area contributed by atoms with Gasteiger partial charge in [0.25, 0.3) is 0 Å². The maximum atomic E-state index is 12.9. The molecule has 0 unspecified atom stereocenters. The summed E-state index contributed by atoms with van der Waals surface area (Å²) in [6.07, 6.45) is 3.82. The van der Waals surface area contributed by atoms with E-state index in [4.69, 9.17) is 0 Å². The third kappa shape index (κ3) is 4.84. The molecule has 6 heteroatoms. The number of hydrogen-bond donors (Lipinski definition) is 3. The maximum Gasteiger partial charge on any atom is 0.326 e. The Labute approximate surface area is 154 Å². The predicted octanol–water partition coefficient (Wildman–Crippen LogP) is 2.23. The molecule has 1 aromatic rings. The fourth-order valence-electron chi connectivity index (χ4n) is 3.65. The van der Waals surface area contributed by atoms with Crippen LogP contribution in [0, 0.1) is 5.92 Å². The summed E-state index contributed by atoms with van der Waals surface area (Å²) < 4.78 is 0. The van der Waals surface area contributed by atoms with Crippen LogP contribution < -0.4 is 10.6 Å². The molecule has 3 N–H and O–H groups in total. The lowest BCUT2D eigenvalue weighted by Crippen LogP contribution is -2.49. The minimum Gasteiger partial charge on any atom is -0.480 e. The highest BCUT2D eigenvalue weighted by Gasteiger charge is 2.42. The molecule has 1 aliphatic rings. The van der Waals surface area contributed by atoms with Crippen LogP contribution in [0.1, 0.15) is 51.5 Å². The molecule has 2 rings (SSSR count). The number of carboxylic acids is 1. The van der Waals surface area contributed by atoms with Crippen molar-refractivity contribution in [2.24, 2.45) is 5.92 Å². The number of nitrogens with one attached hydrogen (secondary N) is 2. The highest BCUT2D eigenvalue weighted by molar-refractivity contribution is 5.92. The van der Waals surface area contributed by atoms with Gasteiger partial charge in [-0.2, -0.15) is 0 Å². The summed E-state index contributed by atoms with van der Waals surface area (Å²) in [5.74, 6) is -1.56. The molecule has 26 heavy (non-hydrogen) atoms. The SMILES string of the molecule is CC(C)C[C@H](NC(=O)CNC(=O)C1(c2ccccc2)CCCC1)C(=O)O. The molecule has 0 heterocycles. The number of benzene rings is 1. The lowest BCUT2D eigenvalue weighted by Gasteiger charge is -2.28. The fourth-order valence-corrected chi connectivity index (χ4v) is 3.65. The van der Waals surface area contributed by atoms with E-state index in [-0.39, 0.29) is 18.4 Å². The van der Waals surface area contributed by atoms with Gasteiger partial charge in [0.1, 0.15) is 6.04 Å². The second-order valence-corrected chi connectivity index (χ2v) is 7.43. The second-order valence-electron chi connectivity index (χ2n) is 7.43. The maximum absolute atomic E-state index is 12.9. The standard InChI is InChI=1S/C20H28N2O4/c1-14(2)12-16(18(24)25)22-17(23)13-21-19(26)20(10-6-7-11-20)15-8-4-3-5-9-15/h3-5,8-9,14,16H,6-7,10-13H2,1-2H3,(H,21,26)(H,22,23)(H,24,25)/t16-/m0/s1. The van der Waals surface area contributed by atoms with Gasteiger partial charge in [-0.15, -0.1) is 0 Å². The van der Waals surface area contributed by atoms with Crippen molar-refractivity contribution in [3.63, 3.8) is 0 Å². The summed E-state index contributed by atoms with van der Waals surface area (Å²) in [6.45, 7) is 3.58. The molecular weight excluding hydrogens is 332 g/mol. The molecule has 1 fully saturated rings. The first-order valence-electron chi connectivity index (χ1n) is 9.21. The summed E-state index contributed by atoms with van der Waals surface area (Å²) in [7, 11) is 0. The normalized spacial score (nSPS) is 16.9. The van der Waals surface area contributed by atoms with Crippen LogP contribution in [-0.4, -0.2) is 35.5 Å². The summed E-state index contributed by atoms with van der Waals surface area (Å²) >= 11 is 0. The van der Waals surface area contributed by atoms with Crippen molar-refractivity contribution in [2.75, 3.05) is 6.54 Å². The number of carbonyl (C=O) groups excluding carboxylic acids is 2. The predicted molar refractivity (Wildman–Crippen MR) is 98.6 cm³/mol. The van der Waals surface area contributed by atoms with E-state index in [9.17, 15) is 19.5 Å². The summed E-state index contributed by atoms with van der Waals surface area (Å²) in [4.78, 5) is 36.2. The van der Waals surface area contributed by atoms with Gasteiger partial charge in [0.15, 0.2) is 0 Å². The Bertz CT molecular complexity index is 636. The van der Waals surface area contributed by atoms with Crippen LogP contribution >= 0.6 is 0 Å². The first kappa shape index (κ1) is 19.9. The molecule has 142 valence electrons. The average Bonchev–Trinajstić information content (AvgIpc) is 3.10. The largest absolute Gasteiger partial charge is 0.480 e. The van der Waals surface area contributed by atoms with Crippen LogP contribution in [0.5, 0.6) is 0 Å². The van der Waals surface area contributed by atoms with Crippen LogP contribution in [-0.2, 0) is 19.8 Å². The monoisotopic (exact) mass is 360 g/mol. The van der Waals surface area contributed by atoms with Gasteiger partial charge in [-0.1, -0.05) is 57.0 Å². The molecule has 1 aromatic carbocycles. The minimum absolute atomic E-state index is 0.144. The zero-order valence-electron chi connectivity index (χ0n) is 15.5. The molecule has 1 saturated carbocycles. The van der Waals surface area contributed by atoms with Crippen LogP contribution in [0.4, 0.5) is 0 Å². The number of aliphatic carboxylic acids is 1. The molecule has 6 nitrogen and oxygen atoms in total. The van der Waals surface area contributed by atoms with E-state index in [2.05, 4.69) is 10.6 Å². The van der Waals surface area contributed by atoms with Crippen molar-refractivity contribution >= 4 is 17.8 Å². The molecule has 0 aliphatic heterocycles. The topological polar surface area (TPSA) is 95.5 Å². The number of hydrogen-bond acceptors (Lipinski definition) is 3. The van der Waals surface area contributed by atoms with Crippen molar-refractivity contribution in [3.05, 3.63) is 35.9 Å². The highest BCUT2D eigenvalue weighted by atomic mass is 16.4. The number of amides is 2. The van der Waals surface area contributed by atoms with E-state index in [0.29, 0.717) is 6.42 Å². The van der Waals surface area contributed by atoms with Crippen molar-refractivity contribution in [1.29, 1.82) is 0 Å². The zero-order valence-corrected chi connectivity index (χ0v) is 15.5. The van der Waals surface area contributed by atoms with Crippen LogP contribution in [0.15, 0.2) is 30.3 Å². The molecule has 0 radical (unpaired) electrons. The van der Waals surface area contributed by atoms with E-state index in [0.717, 1.165) is 31.2 Å². The average molecular weight is 360 g/mol. The Balaban J connectivity index is 1.98. The van der Waals surface area contributed by atoms with Crippen molar-refractivity contribution in [1.82, 2.24) is 10.6 Å². The Morgan fingerprint density at radius 1 is 1.12 bits per heavy atom. The molecule has 1 atom stereocenters. The summed E-state index contributed by atoms with van der Waals surface area (Å²) in [5, 5.41) is 14.4. The molecule has 1 aliphatic carbocycles. The van der Waals surface area contributed by atoms with Gasteiger partial charge in [-0.3, -0.25) is 9.59 Å². The second kappa shape index (κ2) is 8.83. The highest BCUT2D eigenvalue weighted by Crippen LogP contribution is 2.41. The van der Waals surface area contributed by atoms with Crippen LogP contribution in [0.3, 0.4) is 0 Å². The molecular formula is C20H28N2O4. The van der Waals surface area contributed by atoms with Gasteiger partial charge in [0.2, 0.25) is 11.8 Å². The van der Waals surface area contributed by atoms with Gasteiger partial charge in [-0.25, -0.2) is 4.79 Å². The molecule has 0 bridgehead atoms. The Kier molecular flexibility index (Phi) is 6.77. The third-order valence-electron chi connectivity index (χ3n) is 4.97. The van der Waals surface area contributed by atoms with Gasteiger partial charge < -0.3 is 15.7 Å². The fraction of sp³-hybridized carbons (Fsp3) is 0.550. The van der Waals surface area contributed by atoms with Crippen LogP contribution in [0.25, 0.3) is 0 Å². The number of carboxylic acid groups (broad SMARTS) is 1. The number of rotatable bonds is 8. The summed E-state index contributed by atoms with van der Waals surface area (Å²) in [5.41, 5.74) is 0.379. The number of carbonyl (C=O) groups is 3. The Morgan fingerprint density at radius 3 is 2.27 bits per heavy atom. The van der Waals surface area contributed by atoms with Gasteiger partial charge in [0.05, 0.1) is 12.0 Å². The van der Waals surface area contributed by atoms with Crippen molar-refractivity contribution in [3.8, 4) is 0 Å². The summed E-state index contributed by atoms with van der Waals surface area (Å²) in [6, 6.07) is 8.71. The first-order chi connectivity index (χ1) is 12.3. The van der Waals surface area contributed by atoms with Gasteiger partial charge in [-0.05, 0) is 30.7 Å². The molecule has 2 amide bonds. The third-order valence-corrected chi connectivity index (χ3v) is 4.97. The lowest BCUT2D eigenvalue weighted by atomic mass is 9.78. The Hall–Kier alpha value is -2.37. The molecule has 0 spiro atoms. The molecule has 0 saturated heterocycles. The zero-order chi connectivity index (χ0) is 19.2. The van der Waals surface area contributed by atoms with E-state index < -0.39 is 23.3 Å². The minimum atomic E-state index is -1.06. The first-order valence-corrected chi connectivity index (χ1v) is 9.21.